The minimum absolute atomic E-state index is 0. The maximum absolute atomic E-state index is 14.3. The first-order valence-electron chi connectivity index (χ1n) is 34.3. The first-order chi connectivity index (χ1) is 46.8. The van der Waals surface area contributed by atoms with E-state index in [1.165, 1.54) is 34.6 Å². The standard InChI is InChI=1S/C37H50N2O12.C36H48N2O12.4Ac/c1-8-22(40)35(7,39-49)24(42)16-38-27(20-12-10-9-11-13-20)29(44)32(46)51-21-15-37(48)19(3)30-34(6,23(41)14-25-36(30,47)17-50-25)31(45)28(43)26(18(21)2)33(37,4)5;1-17-21(50-31(45)27(42)25(19-11-9-8-10-12-19)37-15-20(39)29(43)33(5,6)38-48)14-36(47)18(2)28-34(7,22(40)13-23-35(28,46)16-49-23)30(44)26(41)24(17)32(36,3)4;;;;/h9-13,19,21,23,25,27-30,38,41,43-44,47-48H,8,14-17H2,1-7H3;8-12,18,21-23,25-28,37,40-42,46-47H,13-16H2,1-7H3;;;;. The zero-order chi connectivity index (χ0) is 75.4. The van der Waals surface area contributed by atoms with Crippen LogP contribution in [0, 0.1) is 231 Å². The topological polar surface area (TPSA) is 459 Å². The Morgan fingerprint density at radius 3 is 1.25 bits per heavy atom. The molecule has 23 unspecified atom stereocenters. The average molecular weight is 2320 g/mol. The number of nitrogens with one attached hydrogen (secondary N) is 2. The van der Waals surface area contributed by atoms with Crippen molar-refractivity contribution in [1.29, 1.82) is 0 Å². The number of hydrogen-bond donors (Lipinski definition) is 12. The Morgan fingerprint density at radius 2 is 0.933 bits per heavy atom. The molecule has 2 aliphatic heterocycles. The number of hydrogen-bond acceptors (Lipinski definition) is 28. The molecule has 0 spiro atoms. The summed E-state index contributed by atoms with van der Waals surface area (Å²) in [5.74, 6) is -11.4. The summed E-state index contributed by atoms with van der Waals surface area (Å²) in [4.78, 5) is 129. The molecule has 4 radical (unpaired) electrons. The Hall–Kier alpha value is -0.714. The van der Waals surface area contributed by atoms with Crippen LogP contribution in [0.25, 0.3) is 0 Å². The number of fused-ring (bicyclic) bond motifs is 10. The predicted molar refractivity (Wildman–Crippen MR) is 357 cm³/mol. The van der Waals surface area contributed by atoms with Crippen molar-refractivity contribution in [1.82, 2.24) is 10.6 Å². The molecular weight excluding hydrogens is 2220 g/mol. The van der Waals surface area contributed by atoms with Crippen LogP contribution < -0.4 is 10.6 Å². The summed E-state index contributed by atoms with van der Waals surface area (Å²) in [6.07, 6.45) is -14.9. The summed E-state index contributed by atoms with van der Waals surface area (Å²) >= 11 is 0. The fourth-order valence-electron chi connectivity index (χ4n) is 18.7. The number of benzene rings is 2. The maximum atomic E-state index is 14.3. The first-order valence-corrected chi connectivity index (χ1v) is 34.3. The van der Waals surface area contributed by atoms with Crippen molar-refractivity contribution in [2.75, 3.05) is 26.3 Å². The third kappa shape index (κ3) is 15.8. The van der Waals surface area contributed by atoms with Crippen LogP contribution in [-0.2, 0) is 57.3 Å². The van der Waals surface area contributed by atoms with E-state index in [4.69, 9.17) is 18.9 Å². The van der Waals surface area contributed by atoms with Gasteiger partial charge in [-0.2, -0.15) is 0 Å². The molecule has 6 fully saturated rings. The second-order valence-corrected chi connectivity index (χ2v) is 31.5. The van der Waals surface area contributed by atoms with Gasteiger partial charge in [-0.25, -0.2) is 9.59 Å². The van der Waals surface area contributed by atoms with E-state index >= 15 is 0 Å². The van der Waals surface area contributed by atoms with Gasteiger partial charge in [0.2, 0.25) is 17.1 Å². The molecule has 2 heterocycles. The van der Waals surface area contributed by atoms with E-state index in [0.29, 0.717) is 11.1 Å². The van der Waals surface area contributed by atoms with Crippen LogP contribution in [0.4, 0.5) is 0 Å². The number of rotatable bonds is 21. The van der Waals surface area contributed by atoms with Gasteiger partial charge in [0, 0.05) is 231 Å². The smallest absolute Gasteiger partial charge is 0.337 e. The van der Waals surface area contributed by atoms with Crippen LogP contribution in [-0.4, -0.2) is 219 Å². The molecule has 2 aromatic rings. The van der Waals surface area contributed by atoms with Crippen molar-refractivity contribution >= 4 is 46.6 Å². The minimum Gasteiger partial charge on any atom is -0.456 e. The van der Waals surface area contributed by atoms with Crippen LogP contribution >= 0.6 is 0 Å². The number of aliphatic hydroxyl groups excluding tert-OH is 6. The Bertz CT molecular complexity index is 3740. The number of aliphatic hydroxyl groups is 10. The molecule has 32 heteroatoms. The number of nitroso groups, excluding NO2 is 2. The van der Waals surface area contributed by atoms with Crippen molar-refractivity contribution < 1.29 is 285 Å². The molecule has 4 saturated carbocycles. The van der Waals surface area contributed by atoms with Gasteiger partial charge in [0.1, 0.15) is 35.6 Å². The molecular formula is C73H98Ac4N4O24. The number of carbonyl (C=O) groups is 8. The van der Waals surface area contributed by atoms with Crippen LogP contribution in [0.15, 0.2) is 93.3 Å². The van der Waals surface area contributed by atoms with Gasteiger partial charge < -0.3 is 75.3 Å². The van der Waals surface area contributed by atoms with Crippen LogP contribution in [0.3, 0.4) is 0 Å². The quantitative estimate of drug-likeness (QED) is 0.0280. The largest absolute Gasteiger partial charge is 0.456 e. The van der Waals surface area contributed by atoms with E-state index in [0.717, 1.165) is 6.92 Å². The van der Waals surface area contributed by atoms with Crippen molar-refractivity contribution in [2.24, 2.45) is 55.7 Å². The van der Waals surface area contributed by atoms with Gasteiger partial charge >= 0.3 is 11.9 Å². The molecule has 4 bridgehead atoms. The molecule has 566 valence electrons. The molecule has 0 aromatic heterocycles. The number of carbonyl (C=O) groups excluding carboxylic acids is 8. The number of ether oxygens (including phenoxy) is 4. The summed E-state index contributed by atoms with van der Waals surface area (Å²) in [6.45, 7) is 19.6. The normalized spacial score (nSPS) is 36.3. The molecule has 23 atom stereocenters. The van der Waals surface area contributed by atoms with Gasteiger partial charge in [0.15, 0.2) is 40.9 Å². The minimum atomic E-state index is -2.17. The van der Waals surface area contributed by atoms with Gasteiger partial charge in [-0.1, -0.05) is 114 Å². The fourth-order valence-corrected chi connectivity index (χ4v) is 18.7. The van der Waals surface area contributed by atoms with E-state index < -0.39 is 212 Å². The summed E-state index contributed by atoms with van der Waals surface area (Å²) in [5.41, 5.74) is -15.2. The summed E-state index contributed by atoms with van der Waals surface area (Å²) in [6, 6.07) is 13.8. The SMILES string of the molecule is CC1=C2C(O)C(=O)C3(C)C(O)CC4OCC4(O)C3C(C)C(O)(CC1OC(=O)C(O)C(NCC(=O)C(=O)C(C)(C)N=O)c1ccccc1)C2(C)C.CCC(=O)C(C)(N=O)C(=O)CNC(c1ccccc1)C(O)C(=O)OC1CC2(O)C(C)C3C4(O)COC4CC(O)C3(C)C(=O)C(O)C(=C1C)C2(C)C.[Ac].[Ac].[Ac].[Ac]. The zero-order valence-electron chi connectivity index (χ0n) is 61.8. The van der Waals surface area contributed by atoms with Gasteiger partial charge in [-0.05, 0) is 98.9 Å². The molecule has 10 rings (SSSR count). The third-order valence-electron chi connectivity index (χ3n) is 25.2. The summed E-state index contributed by atoms with van der Waals surface area (Å²) in [5, 5.41) is 129. The monoisotopic (exact) mass is 2320 g/mol. The Morgan fingerprint density at radius 1 is 0.581 bits per heavy atom. The second kappa shape index (κ2) is 34.8. The third-order valence-corrected chi connectivity index (χ3v) is 25.2. The van der Waals surface area contributed by atoms with Crippen LogP contribution in [0.5, 0.6) is 0 Å². The van der Waals surface area contributed by atoms with E-state index in [9.17, 15) is 99.2 Å². The van der Waals surface area contributed by atoms with Crippen molar-refractivity contribution in [2.45, 2.75) is 236 Å². The van der Waals surface area contributed by atoms with E-state index in [2.05, 4.69) is 21.0 Å². The Balaban J connectivity index is 0.000000363. The maximum Gasteiger partial charge on any atom is 0.337 e. The van der Waals surface area contributed by atoms with Crippen molar-refractivity contribution in [3.05, 3.63) is 104 Å². The van der Waals surface area contributed by atoms with Crippen molar-refractivity contribution in [3.63, 3.8) is 0 Å². The average Bonchev–Trinajstić information content (AvgIpc) is 0.681. The van der Waals surface area contributed by atoms with Gasteiger partial charge in [0.25, 0.3) is 0 Å². The number of esters is 2. The molecule has 28 nitrogen and oxygen atoms in total. The van der Waals surface area contributed by atoms with Crippen LogP contribution in [0.2, 0.25) is 0 Å². The van der Waals surface area contributed by atoms with E-state index in [1.54, 1.807) is 116 Å². The second-order valence-electron chi connectivity index (χ2n) is 31.5. The van der Waals surface area contributed by atoms with Crippen molar-refractivity contribution in [3.8, 4) is 0 Å². The summed E-state index contributed by atoms with van der Waals surface area (Å²) in [7, 11) is 0. The zero-order valence-corrected chi connectivity index (χ0v) is 80.7. The van der Waals surface area contributed by atoms with E-state index in [1.807, 2.05) is 0 Å². The molecule has 0 amide bonds. The molecule has 12 N–H and O–H groups in total. The number of nitrogens with zero attached hydrogens (tertiary/aromatic N) is 2. The molecule has 2 aromatic carbocycles. The molecule has 8 aliphatic rings. The van der Waals surface area contributed by atoms with Gasteiger partial charge in [-0.15, -0.1) is 9.81 Å². The van der Waals surface area contributed by atoms with Crippen LogP contribution in [0.1, 0.15) is 152 Å². The fraction of sp³-hybridized carbons (Fsp3) is 0.671. The molecule has 6 aliphatic carbocycles. The predicted octanol–water partition coefficient (Wildman–Crippen LogP) is 2.08. The van der Waals surface area contributed by atoms with Gasteiger partial charge in [-0.3, -0.25) is 34.1 Å². The Labute approximate surface area is 753 Å². The number of Topliss-reactive ketones (excluding diaryl/α,β-unsaturated/α-hetero) is 6. The van der Waals surface area contributed by atoms with Gasteiger partial charge in [0.05, 0.1) is 84.8 Å². The summed E-state index contributed by atoms with van der Waals surface area (Å²) < 4.78 is 22.9. The van der Waals surface area contributed by atoms with E-state index in [-0.39, 0.29) is 244 Å². The molecule has 105 heavy (non-hydrogen) atoms. The number of ketones is 6. The molecule has 2 saturated heterocycles. The Kier molecular flexibility index (Phi) is 31.4. The first kappa shape index (κ1) is 94.9.